The largest absolute Gasteiger partial charge is 0.352 e. The minimum Gasteiger partial charge on any atom is -0.352 e. The van der Waals surface area contributed by atoms with Crippen molar-refractivity contribution < 1.29 is 4.79 Å². The first-order valence-corrected chi connectivity index (χ1v) is 8.27. The SMILES string of the molecule is Cc1ccccc1C[C@H](C)NC(=O)[C@@H](C#N)Cc1ccc(C#N)cc1. The maximum Gasteiger partial charge on any atom is 0.237 e. The summed E-state index contributed by atoms with van der Waals surface area (Å²) in [7, 11) is 0. The summed E-state index contributed by atoms with van der Waals surface area (Å²) < 4.78 is 0. The highest BCUT2D eigenvalue weighted by atomic mass is 16.1. The van der Waals surface area contributed by atoms with Gasteiger partial charge in [-0.15, -0.1) is 0 Å². The molecule has 0 aromatic heterocycles. The molecule has 4 nitrogen and oxygen atoms in total. The van der Waals surface area contributed by atoms with E-state index in [0.717, 1.165) is 12.0 Å². The Balaban J connectivity index is 1.96. The third-order valence-electron chi connectivity index (χ3n) is 4.17. The number of rotatable bonds is 6. The average molecular weight is 331 g/mol. The molecule has 1 amide bonds. The molecule has 4 heteroatoms. The van der Waals surface area contributed by atoms with Crippen molar-refractivity contribution in [2.75, 3.05) is 0 Å². The van der Waals surface area contributed by atoms with E-state index in [1.807, 2.05) is 32.0 Å². The molecule has 1 N–H and O–H groups in total. The lowest BCUT2D eigenvalue weighted by molar-refractivity contribution is -0.123. The fraction of sp³-hybridized carbons (Fsp3) is 0.286. The van der Waals surface area contributed by atoms with Crippen molar-refractivity contribution >= 4 is 5.91 Å². The average Bonchev–Trinajstić information content (AvgIpc) is 2.62. The molecule has 0 saturated heterocycles. The summed E-state index contributed by atoms with van der Waals surface area (Å²) in [5, 5.41) is 21.1. The number of hydrogen-bond donors (Lipinski definition) is 1. The number of carbonyl (C=O) groups excluding carboxylic acids is 1. The first-order chi connectivity index (χ1) is 12.0. The van der Waals surface area contributed by atoms with Crippen LogP contribution in [0.25, 0.3) is 0 Å². The second kappa shape index (κ2) is 8.66. The van der Waals surface area contributed by atoms with Crippen LogP contribution in [0.3, 0.4) is 0 Å². The topological polar surface area (TPSA) is 76.7 Å². The zero-order valence-corrected chi connectivity index (χ0v) is 14.5. The molecule has 0 aliphatic rings. The van der Waals surface area contributed by atoms with Gasteiger partial charge in [-0.25, -0.2) is 0 Å². The third-order valence-corrected chi connectivity index (χ3v) is 4.17. The standard InChI is InChI=1S/C21H21N3O/c1-15-5-3-4-6-19(15)11-16(2)24-21(25)20(14-23)12-17-7-9-18(13-22)10-8-17/h3-10,16,20H,11-12H2,1-2H3,(H,24,25)/t16-,20+/m0/s1. The Morgan fingerprint density at radius 2 is 1.76 bits per heavy atom. The van der Waals surface area contributed by atoms with Gasteiger partial charge in [-0.05, 0) is 55.5 Å². The number of amides is 1. The van der Waals surface area contributed by atoms with E-state index >= 15 is 0 Å². The summed E-state index contributed by atoms with van der Waals surface area (Å²) in [5.41, 5.74) is 3.81. The van der Waals surface area contributed by atoms with E-state index in [9.17, 15) is 10.1 Å². The van der Waals surface area contributed by atoms with Gasteiger partial charge in [-0.1, -0.05) is 36.4 Å². The summed E-state index contributed by atoms with van der Waals surface area (Å²) in [6.07, 6.45) is 1.07. The molecule has 0 unspecified atom stereocenters. The predicted octanol–water partition coefficient (Wildman–Crippen LogP) is 3.30. The third kappa shape index (κ3) is 5.19. The van der Waals surface area contributed by atoms with Crippen LogP contribution in [-0.4, -0.2) is 11.9 Å². The van der Waals surface area contributed by atoms with E-state index in [1.54, 1.807) is 24.3 Å². The summed E-state index contributed by atoms with van der Waals surface area (Å²) in [5.74, 6) is -1.000. The van der Waals surface area contributed by atoms with Crippen LogP contribution in [0.2, 0.25) is 0 Å². The normalized spacial score (nSPS) is 12.5. The highest BCUT2D eigenvalue weighted by Gasteiger charge is 2.20. The molecule has 2 aromatic carbocycles. The zero-order valence-electron chi connectivity index (χ0n) is 14.5. The van der Waals surface area contributed by atoms with E-state index in [4.69, 9.17) is 5.26 Å². The Labute approximate surface area is 148 Å². The van der Waals surface area contributed by atoms with E-state index in [1.165, 1.54) is 11.1 Å². The lowest BCUT2D eigenvalue weighted by atomic mass is 9.97. The van der Waals surface area contributed by atoms with Crippen LogP contribution in [0, 0.1) is 35.5 Å². The Morgan fingerprint density at radius 1 is 1.08 bits per heavy atom. The molecule has 2 aromatic rings. The molecule has 0 fully saturated rings. The smallest absolute Gasteiger partial charge is 0.237 e. The van der Waals surface area contributed by atoms with Crippen LogP contribution in [-0.2, 0) is 17.6 Å². The molecular weight excluding hydrogens is 310 g/mol. The molecule has 0 heterocycles. The van der Waals surface area contributed by atoms with Crippen molar-refractivity contribution in [3.63, 3.8) is 0 Å². The Hall–Kier alpha value is -3.11. The number of carbonyl (C=O) groups is 1. The molecule has 126 valence electrons. The van der Waals surface area contributed by atoms with E-state index in [-0.39, 0.29) is 11.9 Å². The van der Waals surface area contributed by atoms with Crippen molar-refractivity contribution in [3.8, 4) is 12.1 Å². The molecular formula is C21H21N3O. The Bertz CT molecular complexity index is 812. The zero-order chi connectivity index (χ0) is 18.2. The van der Waals surface area contributed by atoms with Gasteiger partial charge in [-0.2, -0.15) is 10.5 Å². The first kappa shape index (κ1) is 18.2. The Kier molecular flexibility index (Phi) is 6.32. The minimum atomic E-state index is -0.743. The second-order valence-corrected chi connectivity index (χ2v) is 6.23. The minimum absolute atomic E-state index is 0.0505. The fourth-order valence-electron chi connectivity index (χ4n) is 2.71. The second-order valence-electron chi connectivity index (χ2n) is 6.23. The lowest BCUT2D eigenvalue weighted by Gasteiger charge is -2.17. The van der Waals surface area contributed by atoms with Gasteiger partial charge in [0.05, 0.1) is 17.7 Å². The van der Waals surface area contributed by atoms with Gasteiger partial charge in [-0.3, -0.25) is 4.79 Å². The highest BCUT2D eigenvalue weighted by Crippen LogP contribution is 2.12. The van der Waals surface area contributed by atoms with Crippen molar-refractivity contribution in [1.29, 1.82) is 10.5 Å². The fourth-order valence-corrected chi connectivity index (χ4v) is 2.71. The van der Waals surface area contributed by atoms with Gasteiger partial charge in [0.2, 0.25) is 5.91 Å². The van der Waals surface area contributed by atoms with E-state index in [0.29, 0.717) is 12.0 Å². The van der Waals surface area contributed by atoms with Crippen LogP contribution in [0.1, 0.15) is 29.2 Å². The monoisotopic (exact) mass is 331 g/mol. The summed E-state index contributed by atoms with van der Waals surface area (Å²) >= 11 is 0. The molecule has 0 radical (unpaired) electrons. The van der Waals surface area contributed by atoms with Crippen molar-refractivity contribution in [3.05, 3.63) is 70.8 Å². The number of aryl methyl sites for hydroxylation is 1. The van der Waals surface area contributed by atoms with Crippen LogP contribution in [0.15, 0.2) is 48.5 Å². The van der Waals surface area contributed by atoms with Gasteiger partial charge >= 0.3 is 0 Å². The number of nitrogens with zero attached hydrogens (tertiary/aromatic N) is 2. The summed E-state index contributed by atoms with van der Waals surface area (Å²) in [6, 6.07) is 19.1. The van der Waals surface area contributed by atoms with Crippen molar-refractivity contribution in [1.82, 2.24) is 5.32 Å². The van der Waals surface area contributed by atoms with Crippen LogP contribution in [0.5, 0.6) is 0 Å². The molecule has 0 bridgehead atoms. The van der Waals surface area contributed by atoms with Crippen molar-refractivity contribution in [2.45, 2.75) is 32.7 Å². The highest BCUT2D eigenvalue weighted by molar-refractivity contribution is 5.81. The van der Waals surface area contributed by atoms with E-state index in [2.05, 4.69) is 23.5 Å². The van der Waals surface area contributed by atoms with Crippen LogP contribution < -0.4 is 5.32 Å². The quantitative estimate of drug-likeness (QED) is 0.882. The first-order valence-electron chi connectivity index (χ1n) is 8.27. The lowest BCUT2D eigenvalue weighted by Crippen LogP contribution is -2.38. The van der Waals surface area contributed by atoms with Crippen LogP contribution >= 0.6 is 0 Å². The summed E-state index contributed by atoms with van der Waals surface area (Å²) in [4.78, 5) is 12.4. The summed E-state index contributed by atoms with van der Waals surface area (Å²) in [6.45, 7) is 3.99. The predicted molar refractivity (Wildman–Crippen MR) is 96.5 cm³/mol. The number of benzene rings is 2. The molecule has 0 spiro atoms. The van der Waals surface area contributed by atoms with Gasteiger partial charge in [0, 0.05) is 6.04 Å². The maximum absolute atomic E-state index is 12.4. The van der Waals surface area contributed by atoms with E-state index < -0.39 is 5.92 Å². The number of nitriles is 2. The maximum atomic E-state index is 12.4. The molecule has 0 saturated carbocycles. The number of hydrogen-bond acceptors (Lipinski definition) is 3. The Morgan fingerprint density at radius 3 is 2.36 bits per heavy atom. The molecule has 2 atom stereocenters. The van der Waals surface area contributed by atoms with Crippen LogP contribution in [0.4, 0.5) is 0 Å². The molecule has 2 rings (SSSR count). The molecule has 0 aliphatic carbocycles. The number of nitrogens with one attached hydrogen (secondary N) is 1. The molecule has 0 aliphatic heterocycles. The molecule has 25 heavy (non-hydrogen) atoms. The van der Waals surface area contributed by atoms with Gasteiger partial charge < -0.3 is 5.32 Å². The van der Waals surface area contributed by atoms with Gasteiger partial charge in [0.15, 0.2) is 0 Å². The van der Waals surface area contributed by atoms with Gasteiger partial charge in [0.1, 0.15) is 5.92 Å². The van der Waals surface area contributed by atoms with Gasteiger partial charge in [0.25, 0.3) is 0 Å². The van der Waals surface area contributed by atoms with Crippen molar-refractivity contribution in [2.24, 2.45) is 5.92 Å².